The Morgan fingerprint density at radius 2 is 2.10 bits per heavy atom. The number of aromatic amines is 1. The molecule has 2 aliphatic rings. The van der Waals surface area contributed by atoms with Gasteiger partial charge in [-0.1, -0.05) is 0 Å². The van der Waals surface area contributed by atoms with Crippen molar-refractivity contribution < 1.29 is 13.9 Å². The molecule has 3 aromatic rings. The third-order valence-electron chi connectivity index (χ3n) is 5.59. The molecule has 29 heavy (non-hydrogen) atoms. The van der Waals surface area contributed by atoms with Crippen LogP contribution in [0.3, 0.4) is 0 Å². The molecule has 1 aliphatic carbocycles. The Morgan fingerprint density at radius 3 is 2.79 bits per heavy atom. The van der Waals surface area contributed by atoms with Crippen LogP contribution in [0.5, 0.6) is 0 Å². The predicted octanol–water partition coefficient (Wildman–Crippen LogP) is 3.75. The van der Waals surface area contributed by atoms with Crippen molar-refractivity contribution >= 4 is 34.2 Å². The highest BCUT2D eigenvalue weighted by atomic mass is 32.1. The number of fused-ring (bicyclic) bond motifs is 1. The van der Waals surface area contributed by atoms with E-state index in [1.807, 2.05) is 18.4 Å². The molecule has 1 aliphatic heterocycles. The molecule has 0 radical (unpaired) electrons. The van der Waals surface area contributed by atoms with Crippen LogP contribution >= 0.6 is 11.3 Å². The van der Waals surface area contributed by atoms with E-state index in [1.54, 1.807) is 22.4 Å². The molecule has 1 saturated heterocycles. The zero-order chi connectivity index (χ0) is 20.0. The number of nitrogens with one attached hydrogen (secondary N) is 1. The first-order chi connectivity index (χ1) is 14.1. The van der Waals surface area contributed by atoms with E-state index < -0.39 is 6.17 Å². The Kier molecular flexibility index (Phi) is 4.61. The summed E-state index contributed by atoms with van der Waals surface area (Å²) < 4.78 is 18.3. The van der Waals surface area contributed by atoms with Crippen molar-refractivity contribution in [3.8, 4) is 11.4 Å². The lowest BCUT2D eigenvalue weighted by molar-refractivity contribution is -0.0132. The number of carbonyl (C=O) groups excluding carboxylic acids is 1. The number of pyridine rings is 1. The highest BCUT2D eigenvalue weighted by Crippen LogP contribution is 2.31. The monoisotopic (exact) mass is 415 g/mol. The van der Waals surface area contributed by atoms with Gasteiger partial charge in [0.05, 0.1) is 16.4 Å². The lowest BCUT2D eigenvalue weighted by Crippen LogP contribution is -2.50. The number of aromatic nitrogens is 3. The maximum atomic E-state index is 12.9. The van der Waals surface area contributed by atoms with E-state index in [-0.39, 0.29) is 12.2 Å². The average Bonchev–Trinajstić information content (AvgIpc) is 3.32. The summed E-state index contributed by atoms with van der Waals surface area (Å²) in [4.78, 5) is 28.6. The van der Waals surface area contributed by atoms with Crippen LogP contribution in [0.1, 0.15) is 17.8 Å². The van der Waals surface area contributed by atoms with E-state index in [0.29, 0.717) is 39.0 Å². The van der Waals surface area contributed by atoms with E-state index in [4.69, 9.17) is 4.74 Å². The third kappa shape index (κ3) is 3.55. The first kappa shape index (κ1) is 18.4. The minimum atomic E-state index is -0.821. The molecule has 0 bridgehead atoms. The van der Waals surface area contributed by atoms with Crippen LogP contribution in [0.4, 0.5) is 14.9 Å². The summed E-state index contributed by atoms with van der Waals surface area (Å²) in [6, 6.07) is 4.10. The van der Waals surface area contributed by atoms with Crippen molar-refractivity contribution in [2.75, 3.05) is 31.1 Å². The van der Waals surface area contributed by atoms with E-state index in [1.165, 1.54) is 0 Å². The van der Waals surface area contributed by atoms with Gasteiger partial charge in [-0.25, -0.2) is 19.2 Å². The van der Waals surface area contributed by atoms with Gasteiger partial charge in [0.15, 0.2) is 0 Å². The maximum absolute atomic E-state index is 12.9. The van der Waals surface area contributed by atoms with Gasteiger partial charge in [-0.3, -0.25) is 0 Å². The maximum Gasteiger partial charge on any atom is 0.410 e. The molecule has 4 heterocycles. The number of rotatable bonds is 3. The molecule has 2 fully saturated rings. The Bertz CT molecular complexity index is 1040. The number of anilines is 1. The normalized spacial score (nSPS) is 22.0. The Hall–Kier alpha value is -2.68. The largest absolute Gasteiger partial charge is 0.446 e. The number of halogens is 1. The van der Waals surface area contributed by atoms with Crippen molar-refractivity contribution in [2.24, 2.45) is 0 Å². The molecule has 0 unspecified atom stereocenters. The Balaban J connectivity index is 1.29. The molecule has 1 saturated carbocycles. The van der Waals surface area contributed by atoms with Crippen LogP contribution in [0.15, 0.2) is 23.7 Å². The smallest absolute Gasteiger partial charge is 0.410 e. The number of ether oxygens (including phenoxy) is 1. The summed E-state index contributed by atoms with van der Waals surface area (Å²) in [6.45, 7) is 4.57. The van der Waals surface area contributed by atoms with Gasteiger partial charge >= 0.3 is 6.09 Å². The second kappa shape index (κ2) is 7.29. The molecule has 7 nitrogen and oxygen atoms in total. The molecule has 3 aromatic heterocycles. The van der Waals surface area contributed by atoms with Gasteiger partial charge in [-0.05, 0) is 19.1 Å². The third-order valence-corrected chi connectivity index (χ3v) is 6.36. The first-order valence-electron chi connectivity index (χ1n) is 9.81. The van der Waals surface area contributed by atoms with Gasteiger partial charge in [0.1, 0.15) is 17.9 Å². The summed E-state index contributed by atoms with van der Waals surface area (Å²) in [5.74, 6) is 0. The number of piperazine rings is 1. The van der Waals surface area contributed by atoms with Crippen molar-refractivity contribution in [1.29, 1.82) is 0 Å². The van der Waals surface area contributed by atoms with Crippen LogP contribution in [0, 0.1) is 6.92 Å². The molecular formula is C20H22FN5O2S. The average molecular weight is 415 g/mol. The highest BCUT2D eigenvalue weighted by Gasteiger charge is 2.34. The number of thiazole rings is 1. The van der Waals surface area contributed by atoms with Gasteiger partial charge in [0, 0.05) is 61.7 Å². The summed E-state index contributed by atoms with van der Waals surface area (Å²) in [6.07, 6.45) is 1.05. The number of amides is 1. The number of hydrogen-bond donors (Lipinski definition) is 1. The molecular weight excluding hydrogens is 393 g/mol. The SMILES string of the molecule is Cc1nc(-c2cc3c(N4CCN(C(=O)O[C@H]5C[C@H](F)C5)CC4)ccnc3[nH]2)cs1. The fourth-order valence-electron chi connectivity index (χ4n) is 3.86. The number of carbonyl (C=O) groups is 1. The van der Waals surface area contributed by atoms with Crippen LogP contribution in [-0.2, 0) is 4.74 Å². The zero-order valence-electron chi connectivity index (χ0n) is 16.1. The van der Waals surface area contributed by atoms with Crippen molar-refractivity contribution in [1.82, 2.24) is 19.9 Å². The minimum absolute atomic E-state index is 0.261. The molecule has 1 amide bonds. The molecule has 0 atom stereocenters. The van der Waals surface area contributed by atoms with Crippen molar-refractivity contribution in [2.45, 2.75) is 32.0 Å². The lowest BCUT2D eigenvalue weighted by Gasteiger charge is -2.37. The lowest BCUT2D eigenvalue weighted by atomic mass is 9.94. The van der Waals surface area contributed by atoms with Gasteiger partial charge in [-0.2, -0.15) is 0 Å². The van der Waals surface area contributed by atoms with Crippen molar-refractivity contribution in [3.05, 3.63) is 28.7 Å². The van der Waals surface area contributed by atoms with E-state index in [0.717, 1.165) is 33.1 Å². The number of alkyl halides is 1. The van der Waals surface area contributed by atoms with Gasteiger partial charge in [-0.15, -0.1) is 11.3 Å². The van der Waals surface area contributed by atoms with Gasteiger partial charge in [0.2, 0.25) is 0 Å². The molecule has 152 valence electrons. The van der Waals surface area contributed by atoms with Crippen LogP contribution in [-0.4, -0.2) is 64.4 Å². The summed E-state index contributed by atoms with van der Waals surface area (Å²) in [7, 11) is 0. The van der Waals surface area contributed by atoms with Crippen molar-refractivity contribution in [3.63, 3.8) is 0 Å². The number of hydrogen-bond acceptors (Lipinski definition) is 6. The van der Waals surface area contributed by atoms with Gasteiger partial charge in [0.25, 0.3) is 0 Å². The quantitative estimate of drug-likeness (QED) is 0.705. The summed E-state index contributed by atoms with van der Waals surface area (Å²) in [5.41, 5.74) is 3.81. The Labute approximate surface area is 171 Å². The highest BCUT2D eigenvalue weighted by molar-refractivity contribution is 7.09. The van der Waals surface area contributed by atoms with E-state index >= 15 is 0 Å². The van der Waals surface area contributed by atoms with E-state index in [2.05, 4.69) is 25.9 Å². The molecule has 9 heteroatoms. The predicted molar refractivity (Wildman–Crippen MR) is 110 cm³/mol. The second-order valence-electron chi connectivity index (χ2n) is 7.58. The fraction of sp³-hybridized carbons (Fsp3) is 0.450. The van der Waals surface area contributed by atoms with Crippen LogP contribution < -0.4 is 4.90 Å². The van der Waals surface area contributed by atoms with Crippen LogP contribution in [0.2, 0.25) is 0 Å². The first-order valence-corrected chi connectivity index (χ1v) is 10.7. The minimum Gasteiger partial charge on any atom is -0.446 e. The number of H-pyrrole nitrogens is 1. The van der Waals surface area contributed by atoms with E-state index in [9.17, 15) is 9.18 Å². The van der Waals surface area contributed by atoms with Gasteiger partial charge < -0.3 is 19.5 Å². The Morgan fingerprint density at radius 1 is 1.31 bits per heavy atom. The second-order valence-corrected chi connectivity index (χ2v) is 8.64. The molecule has 0 spiro atoms. The van der Waals surface area contributed by atoms with Crippen LogP contribution in [0.25, 0.3) is 22.4 Å². The summed E-state index contributed by atoms with van der Waals surface area (Å²) >= 11 is 1.62. The standard InChI is InChI=1S/C20H22FN5O2S/c1-12-23-17(11-29-12)16-10-15-18(2-3-22-19(15)24-16)25-4-6-26(7-5-25)20(27)28-14-8-13(21)9-14/h2-3,10-11,13-14H,4-9H2,1H3,(H,22,24)/t13-,14-. The number of nitrogens with zero attached hydrogens (tertiary/aromatic N) is 4. The molecule has 1 N–H and O–H groups in total. The molecule has 5 rings (SSSR count). The molecule has 0 aromatic carbocycles. The zero-order valence-corrected chi connectivity index (χ0v) is 16.9. The fourth-order valence-corrected chi connectivity index (χ4v) is 4.47. The topological polar surface area (TPSA) is 74.3 Å². The summed E-state index contributed by atoms with van der Waals surface area (Å²) in [5, 5.41) is 4.11. The number of aryl methyl sites for hydroxylation is 1.